The fraction of sp³-hybridized carbons (Fsp3) is 0.111. The summed E-state index contributed by atoms with van der Waals surface area (Å²) in [5.74, 6) is 0.0483. The number of anilines is 1. The SMILES string of the molecule is Cc1nnc2c(SCC(=O)Nc3ccccc3F)nc3ccccc3n12. The Balaban J connectivity index is 1.61. The number of para-hydroxylation sites is 3. The number of amides is 1. The van der Waals surface area contributed by atoms with Crippen LogP contribution >= 0.6 is 11.8 Å². The number of hydrogen-bond acceptors (Lipinski definition) is 5. The van der Waals surface area contributed by atoms with Crippen molar-refractivity contribution in [1.82, 2.24) is 19.6 Å². The summed E-state index contributed by atoms with van der Waals surface area (Å²) in [5.41, 5.74) is 2.46. The molecule has 0 aliphatic rings. The number of carbonyl (C=O) groups excluding carboxylic acids is 1. The van der Waals surface area contributed by atoms with Gasteiger partial charge in [-0.05, 0) is 31.2 Å². The lowest BCUT2D eigenvalue weighted by Crippen LogP contribution is -2.15. The number of aryl methyl sites for hydroxylation is 1. The highest BCUT2D eigenvalue weighted by Gasteiger charge is 2.15. The highest BCUT2D eigenvalue weighted by Crippen LogP contribution is 2.25. The maximum absolute atomic E-state index is 13.6. The standard InChI is InChI=1S/C18H14FN5OS/c1-11-22-23-17-18(21-14-8-4-5-9-15(14)24(11)17)26-10-16(25)20-13-7-3-2-6-12(13)19/h2-9H,10H2,1H3,(H,20,25). The minimum Gasteiger partial charge on any atom is -0.323 e. The number of thioether (sulfide) groups is 1. The molecule has 2 heterocycles. The molecule has 2 aromatic carbocycles. The molecule has 0 saturated carbocycles. The van der Waals surface area contributed by atoms with Gasteiger partial charge in [0.25, 0.3) is 0 Å². The van der Waals surface area contributed by atoms with E-state index in [4.69, 9.17) is 0 Å². The molecule has 0 aliphatic carbocycles. The molecular formula is C18H14FN5OS. The first-order chi connectivity index (χ1) is 12.6. The third-order valence-electron chi connectivity index (χ3n) is 3.85. The molecule has 0 aliphatic heterocycles. The predicted octanol–water partition coefficient (Wildman–Crippen LogP) is 3.46. The predicted molar refractivity (Wildman–Crippen MR) is 98.8 cm³/mol. The Morgan fingerprint density at radius 3 is 2.77 bits per heavy atom. The first kappa shape index (κ1) is 16.5. The van der Waals surface area contributed by atoms with Gasteiger partial charge < -0.3 is 5.32 Å². The second kappa shape index (κ2) is 6.72. The molecule has 0 spiro atoms. The minimum atomic E-state index is -0.467. The second-order valence-electron chi connectivity index (χ2n) is 5.63. The zero-order chi connectivity index (χ0) is 18.1. The molecule has 0 saturated heterocycles. The molecule has 1 amide bonds. The Morgan fingerprint density at radius 2 is 1.92 bits per heavy atom. The molecule has 4 rings (SSSR count). The molecule has 0 unspecified atom stereocenters. The van der Waals surface area contributed by atoms with Crippen molar-refractivity contribution in [3.8, 4) is 0 Å². The summed E-state index contributed by atoms with van der Waals surface area (Å²) in [6.45, 7) is 1.87. The van der Waals surface area contributed by atoms with E-state index in [1.807, 2.05) is 35.6 Å². The Hall–Kier alpha value is -3.00. The largest absolute Gasteiger partial charge is 0.323 e. The maximum atomic E-state index is 13.6. The van der Waals surface area contributed by atoms with Gasteiger partial charge in [0.2, 0.25) is 5.91 Å². The Kier molecular flexibility index (Phi) is 4.26. The fourth-order valence-electron chi connectivity index (χ4n) is 2.68. The van der Waals surface area contributed by atoms with E-state index >= 15 is 0 Å². The van der Waals surface area contributed by atoms with Gasteiger partial charge in [-0.3, -0.25) is 9.20 Å². The lowest BCUT2D eigenvalue weighted by atomic mass is 10.3. The number of rotatable bonds is 4. The summed E-state index contributed by atoms with van der Waals surface area (Å²) in [6.07, 6.45) is 0. The van der Waals surface area contributed by atoms with E-state index in [2.05, 4.69) is 20.5 Å². The van der Waals surface area contributed by atoms with Crippen LogP contribution in [0, 0.1) is 12.7 Å². The van der Waals surface area contributed by atoms with Crippen molar-refractivity contribution >= 4 is 40.0 Å². The molecule has 4 aromatic rings. The van der Waals surface area contributed by atoms with E-state index in [1.165, 1.54) is 23.9 Å². The van der Waals surface area contributed by atoms with Crippen LogP contribution in [0.5, 0.6) is 0 Å². The summed E-state index contributed by atoms with van der Waals surface area (Å²) in [6, 6.07) is 13.7. The molecule has 1 N–H and O–H groups in total. The second-order valence-corrected chi connectivity index (χ2v) is 6.59. The van der Waals surface area contributed by atoms with Crippen LogP contribution in [-0.4, -0.2) is 31.2 Å². The van der Waals surface area contributed by atoms with E-state index in [9.17, 15) is 9.18 Å². The van der Waals surface area contributed by atoms with Gasteiger partial charge in [-0.25, -0.2) is 9.37 Å². The van der Waals surface area contributed by atoms with Gasteiger partial charge in [0.05, 0.1) is 22.5 Å². The van der Waals surface area contributed by atoms with Crippen molar-refractivity contribution < 1.29 is 9.18 Å². The van der Waals surface area contributed by atoms with E-state index in [0.29, 0.717) is 10.7 Å². The van der Waals surface area contributed by atoms with Gasteiger partial charge in [0, 0.05) is 0 Å². The molecule has 0 bridgehead atoms. The van der Waals surface area contributed by atoms with Crippen molar-refractivity contribution in [2.45, 2.75) is 11.9 Å². The number of benzene rings is 2. The molecular weight excluding hydrogens is 353 g/mol. The number of fused-ring (bicyclic) bond motifs is 3. The zero-order valence-corrected chi connectivity index (χ0v) is 14.6. The normalized spacial score (nSPS) is 11.2. The van der Waals surface area contributed by atoms with E-state index < -0.39 is 5.82 Å². The van der Waals surface area contributed by atoms with Crippen LogP contribution in [0.2, 0.25) is 0 Å². The number of aromatic nitrogens is 4. The molecule has 26 heavy (non-hydrogen) atoms. The Labute approximate surface area is 152 Å². The Bertz CT molecular complexity index is 1130. The third-order valence-corrected chi connectivity index (χ3v) is 4.80. The summed E-state index contributed by atoms with van der Waals surface area (Å²) in [5, 5.41) is 11.5. The summed E-state index contributed by atoms with van der Waals surface area (Å²) in [4.78, 5) is 16.8. The van der Waals surface area contributed by atoms with Crippen LogP contribution in [0.4, 0.5) is 10.1 Å². The first-order valence-corrected chi connectivity index (χ1v) is 8.90. The highest BCUT2D eigenvalue weighted by atomic mass is 32.2. The number of hydrogen-bond donors (Lipinski definition) is 1. The van der Waals surface area contributed by atoms with Gasteiger partial charge in [0.15, 0.2) is 5.65 Å². The van der Waals surface area contributed by atoms with Crippen LogP contribution in [0.15, 0.2) is 53.6 Å². The third kappa shape index (κ3) is 2.99. The van der Waals surface area contributed by atoms with Crippen molar-refractivity contribution in [2.75, 3.05) is 11.1 Å². The summed E-state index contributed by atoms with van der Waals surface area (Å²) < 4.78 is 15.6. The van der Waals surface area contributed by atoms with Crippen LogP contribution in [0.3, 0.4) is 0 Å². The summed E-state index contributed by atoms with van der Waals surface area (Å²) in [7, 11) is 0. The number of halogens is 1. The summed E-state index contributed by atoms with van der Waals surface area (Å²) >= 11 is 1.24. The first-order valence-electron chi connectivity index (χ1n) is 7.91. The number of nitrogens with one attached hydrogen (secondary N) is 1. The lowest BCUT2D eigenvalue weighted by Gasteiger charge is -2.08. The molecule has 8 heteroatoms. The van der Waals surface area contributed by atoms with E-state index in [0.717, 1.165) is 16.9 Å². The van der Waals surface area contributed by atoms with Crippen molar-refractivity contribution in [2.24, 2.45) is 0 Å². The van der Waals surface area contributed by atoms with Crippen molar-refractivity contribution in [1.29, 1.82) is 0 Å². The average molecular weight is 367 g/mol. The molecule has 0 radical (unpaired) electrons. The number of carbonyl (C=O) groups is 1. The van der Waals surface area contributed by atoms with Gasteiger partial charge in [-0.2, -0.15) is 0 Å². The van der Waals surface area contributed by atoms with Crippen LogP contribution in [-0.2, 0) is 4.79 Å². The molecule has 0 fully saturated rings. The molecule has 6 nitrogen and oxygen atoms in total. The van der Waals surface area contributed by atoms with Gasteiger partial charge in [-0.15, -0.1) is 10.2 Å². The topological polar surface area (TPSA) is 72.2 Å². The monoisotopic (exact) mass is 367 g/mol. The zero-order valence-electron chi connectivity index (χ0n) is 13.8. The van der Waals surface area contributed by atoms with Crippen molar-refractivity contribution in [3.63, 3.8) is 0 Å². The van der Waals surface area contributed by atoms with Crippen LogP contribution in [0.1, 0.15) is 5.82 Å². The molecule has 130 valence electrons. The molecule has 0 atom stereocenters. The van der Waals surface area contributed by atoms with Crippen LogP contribution < -0.4 is 5.32 Å². The highest BCUT2D eigenvalue weighted by molar-refractivity contribution is 8.00. The minimum absolute atomic E-state index is 0.0846. The smallest absolute Gasteiger partial charge is 0.234 e. The van der Waals surface area contributed by atoms with Crippen LogP contribution in [0.25, 0.3) is 16.7 Å². The Morgan fingerprint density at radius 1 is 1.15 bits per heavy atom. The lowest BCUT2D eigenvalue weighted by molar-refractivity contribution is -0.113. The number of nitrogens with zero attached hydrogens (tertiary/aromatic N) is 4. The quantitative estimate of drug-likeness (QED) is 0.559. The average Bonchev–Trinajstić information content (AvgIpc) is 3.04. The molecule has 2 aromatic heterocycles. The van der Waals surface area contributed by atoms with Gasteiger partial charge >= 0.3 is 0 Å². The van der Waals surface area contributed by atoms with Crippen molar-refractivity contribution in [3.05, 3.63) is 60.2 Å². The van der Waals surface area contributed by atoms with Gasteiger partial charge in [0.1, 0.15) is 16.7 Å². The van der Waals surface area contributed by atoms with E-state index in [1.54, 1.807) is 12.1 Å². The fourth-order valence-corrected chi connectivity index (χ4v) is 3.44. The maximum Gasteiger partial charge on any atom is 0.234 e. The van der Waals surface area contributed by atoms with E-state index in [-0.39, 0.29) is 17.3 Å². The van der Waals surface area contributed by atoms with Gasteiger partial charge in [-0.1, -0.05) is 36.0 Å².